The summed E-state index contributed by atoms with van der Waals surface area (Å²) in [7, 11) is 1.99. The molecule has 148 valence electrons. The monoisotopic (exact) mass is 397 g/mol. The first-order valence-corrected chi connectivity index (χ1v) is 9.96. The van der Waals surface area contributed by atoms with Gasteiger partial charge in [0.2, 0.25) is 11.4 Å². The van der Waals surface area contributed by atoms with Crippen LogP contribution in [-0.4, -0.2) is 4.98 Å². The Kier molecular flexibility index (Phi) is 3.43. The van der Waals surface area contributed by atoms with Gasteiger partial charge in [-0.2, -0.15) is 0 Å². The molecule has 0 radical (unpaired) electrons. The molecule has 0 amide bonds. The summed E-state index contributed by atoms with van der Waals surface area (Å²) in [4.78, 5) is 4.38. The molecule has 0 N–H and O–H groups in total. The zero-order valence-electron chi connectivity index (χ0n) is 21.2. The standard InChI is InChI=1S/C27H25N2O/c1-17(2)19-7-5-8-20(15-19)21-11-13-24(29(4)16-21)25-18(3)10-12-22-23-9-6-14-28-27(23)30-26(22)25/h5-17H,1-4H3/q+1/i1D3,17D. The van der Waals surface area contributed by atoms with Crippen LogP contribution in [0.3, 0.4) is 0 Å². The summed E-state index contributed by atoms with van der Waals surface area (Å²) >= 11 is 0. The molecule has 5 rings (SSSR count). The average molecular weight is 398 g/mol. The van der Waals surface area contributed by atoms with Gasteiger partial charge in [0.1, 0.15) is 7.05 Å². The van der Waals surface area contributed by atoms with Crippen molar-refractivity contribution in [2.45, 2.75) is 26.6 Å². The fourth-order valence-electron chi connectivity index (χ4n) is 4.06. The largest absolute Gasteiger partial charge is 0.437 e. The number of fused-ring (bicyclic) bond motifs is 3. The van der Waals surface area contributed by atoms with Crippen molar-refractivity contribution in [3.63, 3.8) is 0 Å². The second kappa shape index (κ2) is 7.10. The van der Waals surface area contributed by atoms with Gasteiger partial charge in [-0.05, 0) is 47.7 Å². The molecule has 1 atom stereocenters. The smallest absolute Gasteiger partial charge is 0.227 e. The predicted octanol–water partition coefficient (Wildman–Crippen LogP) is 6.57. The maximum atomic E-state index is 8.43. The van der Waals surface area contributed by atoms with Gasteiger partial charge in [0.25, 0.3) is 0 Å². The van der Waals surface area contributed by atoms with Crippen LogP contribution in [0.2, 0.25) is 0 Å². The van der Waals surface area contributed by atoms with Crippen LogP contribution < -0.4 is 4.57 Å². The molecule has 3 heterocycles. The van der Waals surface area contributed by atoms with Gasteiger partial charge in [0.15, 0.2) is 11.8 Å². The molecule has 0 saturated carbocycles. The number of aryl methyl sites for hydroxylation is 2. The van der Waals surface area contributed by atoms with Crippen LogP contribution in [0.4, 0.5) is 0 Å². The van der Waals surface area contributed by atoms with E-state index >= 15 is 0 Å². The topological polar surface area (TPSA) is 29.9 Å². The minimum atomic E-state index is -2.42. The first kappa shape index (κ1) is 14.5. The number of rotatable bonds is 3. The molecule has 0 aliphatic carbocycles. The Morgan fingerprint density at radius 2 is 1.93 bits per heavy atom. The van der Waals surface area contributed by atoms with Gasteiger partial charge in [-0.1, -0.05) is 50.2 Å². The molecule has 5 aromatic rings. The van der Waals surface area contributed by atoms with Gasteiger partial charge in [0.05, 0.1) is 5.56 Å². The van der Waals surface area contributed by atoms with E-state index in [1.165, 1.54) is 6.92 Å². The molecule has 0 fully saturated rings. The number of furan rings is 1. The fraction of sp³-hybridized carbons (Fsp3) is 0.185. The summed E-state index contributed by atoms with van der Waals surface area (Å²) in [6.45, 7) is 1.09. The average Bonchev–Trinajstić information content (AvgIpc) is 3.17. The number of benzene rings is 2. The van der Waals surface area contributed by atoms with Gasteiger partial charge in [-0.3, -0.25) is 0 Å². The lowest BCUT2D eigenvalue weighted by Crippen LogP contribution is -2.31. The molecular formula is C27H25N2O+. The summed E-state index contributed by atoms with van der Waals surface area (Å²) in [6, 6.07) is 19.4. The van der Waals surface area contributed by atoms with E-state index in [-0.39, 0.29) is 0 Å². The molecule has 30 heavy (non-hydrogen) atoms. The second-order valence-corrected chi connectivity index (χ2v) is 7.71. The molecule has 2 aromatic carbocycles. The van der Waals surface area contributed by atoms with E-state index in [4.69, 9.17) is 9.90 Å². The number of aromatic nitrogens is 2. The maximum absolute atomic E-state index is 8.43. The molecule has 0 saturated heterocycles. The quantitative estimate of drug-likeness (QED) is 0.322. The normalized spacial score (nSPS) is 16.0. The maximum Gasteiger partial charge on any atom is 0.227 e. The number of hydrogen-bond donors (Lipinski definition) is 0. The zero-order chi connectivity index (χ0) is 24.3. The van der Waals surface area contributed by atoms with Crippen LogP contribution in [0.5, 0.6) is 0 Å². The summed E-state index contributed by atoms with van der Waals surface area (Å²) < 4.78 is 39.9. The third kappa shape index (κ3) is 2.98. The van der Waals surface area contributed by atoms with Gasteiger partial charge < -0.3 is 4.42 Å². The highest BCUT2D eigenvalue weighted by Gasteiger charge is 2.21. The van der Waals surface area contributed by atoms with Crippen molar-refractivity contribution in [1.82, 2.24) is 4.98 Å². The first-order valence-electron chi connectivity index (χ1n) is 12.0. The van der Waals surface area contributed by atoms with E-state index < -0.39 is 12.7 Å². The number of nitrogens with zero attached hydrogens (tertiary/aromatic N) is 2. The molecular weight excluding hydrogens is 368 g/mol. The summed E-state index contributed by atoms with van der Waals surface area (Å²) in [5.74, 6) is -1.69. The van der Waals surface area contributed by atoms with Crippen molar-refractivity contribution in [2.75, 3.05) is 0 Å². The SMILES string of the molecule is [2H]C([2H])([2H])C([2H])(C)c1cccc(-c2ccc(-c3c(C)ccc4c3oc3ncccc34)[n+](C)c2)c1. The van der Waals surface area contributed by atoms with Crippen molar-refractivity contribution in [2.24, 2.45) is 7.05 Å². The lowest BCUT2D eigenvalue weighted by atomic mass is 9.97. The van der Waals surface area contributed by atoms with E-state index in [9.17, 15) is 0 Å². The minimum absolute atomic E-state index is 0.465. The van der Waals surface area contributed by atoms with E-state index in [2.05, 4.69) is 24.0 Å². The number of pyridine rings is 2. The van der Waals surface area contributed by atoms with Crippen molar-refractivity contribution in [1.29, 1.82) is 0 Å². The van der Waals surface area contributed by atoms with Crippen LogP contribution in [0, 0.1) is 6.92 Å². The van der Waals surface area contributed by atoms with Gasteiger partial charge in [-0.25, -0.2) is 9.55 Å². The molecule has 3 nitrogen and oxygen atoms in total. The van der Waals surface area contributed by atoms with Crippen LogP contribution in [0.15, 0.2) is 77.5 Å². The third-order valence-corrected chi connectivity index (χ3v) is 5.64. The van der Waals surface area contributed by atoms with Crippen LogP contribution >= 0.6 is 0 Å². The summed E-state index contributed by atoms with van der Waals surface area (Å²) in [5, 5.41) is 2.02. The molecule has 1 unspecified atom stereocenters. The van der Waals surface area contributed by atoms with Crippen molar-refractivity contribution < 1.29 is 14.5 Å². The number of hydrogen-bond acceptors (Lipinski definition) is 2. The molecule has 0 spiro atoms. The van der Waals surface area contributed by atoms with E-state index in [1.807, 2.05) is 54.2 Å². The summed E-state index contributed by atoms with van der Waals surface area (Å²) in [5.41, 5.74) is 6.80. The molecule has 3 aromatic heterocycles. The third-order valence-electron chi connectivity index (χ3n) is 5.64. The Morgan fingerprint density at radius 3 is 2.77 bits per heavy atom. The first-order chi connectivity index (χ1) is 16.1. The van der Waals surface area contributed by atoms with Crippen LogP contribution in [-0.2, 0) is 7.05 Å². The predicted molar refractivity (Wildman–Crippen MR) is 122 cm³/mol. The highest BCUT2D eigenvalue weighted by atomic mass is 16.3. The van der Waals surface area contributed by atoms with Gasteiger partial charge >= 0.3 is 0 Å². The van der Waals surface area contributed by atoms with Crippen LogP contribution in [0.1, 0.15) is 36.3 Å². The highest BCUT2D eigenvalue weighted by molar-refractivity contribution is 6.08. The van der Waals surface area contributed by atoms with Crippen molar-refractivity contribution >= 4 is 22.1 Å². The Bertz CT molecular complexity index is 1550. The van der Waals surface area contributed by atoms with Crippen molar-refractivity contribution in [3.05, 3.63) is 84.2 Å². The minimum Gasteiger partial charge on any atom is -0.437 e. The molecule has 3 heteroatoms. The fourth-order valence-corrected chi connectivity index (χ4v) is 4.06. The lowest BCUT2D eigenvalue weighted by Gasteiger charge is -2.09. The van der Waals surface area contributed by atoms with E-state index in [1.54, 1.807) is 18.3 Å². The van der Waals surface area contributed by atoms with E-state index in [0.29, 0.717) is 11.3 Å². The molecule has 0 aliphatic rings. The summed E-state index contributed by atoms with van der Waals surface area (Å²) in [6.07, 6.45) is 3.75. The Hall–Kier alpha value is -3.46. The van der Waals surface area contributed by atoms with Gasteiger partial charge in [0, 0.05) is 34.1 Å². The van der Waals surface area contributed by atoms with E-state index in [0.717, 1.165) is 44.3 Å². The Labute approximate surface area is 182 Å². The lowest BCUT2D eigenvalue weighted by molar-refractivity contribution is -0.659. The Morgan fingerprint density at radius 1 is 1.03 bits per heavy atom. The zero-order valence-corrected chi connectivity index (χ0v) is 17.2. The molecule has 0 aliphatic heterocycles. The Balaban J connectivity index is 1.62. The second-order valence-electron chi connectivity index (χ2n) is 7.71. The highest BCUT2D eigenvalue weighted by Crippen LogP contribution is 2.36. The van der Waals surface area contributed by atoms with Gasteiger partial charge in [-0.15, -0.1) is 0 Å². The van der Waals surface area contributed by atoms with Crippen LogP contribution in [0.25, 0.3) is 44.5 Å². The van der Waals surface area contributed by atoms with Crippen molar-refractivity contribution in [3.8, 4) is 22.4 Å². The molecule has 0 bridgehead atoms.